The van der Waals surface area contributed by atoms with Crippen LogP contribution in [0.1, 0.15) is 0 Å². The van der Waals surface area contributed by atoms with E-state index in [4.69, 9.17) is 0 Å². The minimum absolute atomic E-state index is 0.139. The van der Waals surface area contributed by atoms with Gasteiger partial charge in [-0.25, -0.2) is 0 Å². The maximum absolute atomic E-state index is 10.2. The Morgan fingerprint density at radius 2 is 2.50 bits per heavy atom. The Balaban J connectivity index is 2.76. The summed E-state index contributed by atoms with van der Waals surface area (Å²) < 4.78 is 1.73. The average molecular weight is 252 g/mol. The third-order valence-electron chi connectivity index (χ3n) is 1.05. The van der Waals surface area contributed by atoms with Crippen LogP contribution in [0.4, 0.5) is 0 Å². The third kappa shape index (κ3) is 1.69. The van der Waals surface area contributed by atoms with Gasteiger partial charge in [-0.05, 0) is 0 Å². The fraction of sp³-hybridized carbons (Fsp3) is 0.200. The van der Waals surface area contributed by atoms with Crippen LogP contribution >= 0.6 is 22.9 Å². The van der Waals surface area contributed by atoms with Crippen LogP contribution in [0.25, 0.3) is 0 Å². The Hall–Kier alpha value is -0.590. The quantitative estimate of drug-likeness (QED) is 0.306. The van der Waals surface area contributed by atoms with E-state index in [0.717, 1.165) is 6.54 Å². The molecule has 0 aromatic heterocycles. The van der Waals surface area contributed by atoms with Crippen molar-refractivity contribution in [2.45, 2.75) is 0 Å². The molecule has 1 aliphatic heterocycles. The van der Waals surface area contributed by atoms with Gasteiger partial charge in [-0.15, -0.1) is 0 Å². The summed E-state index contributed by atoms with van der Waals surface area (Å²) in [5.41, 5.74) is 0.139. The molecule has 0 aromatic rings. The van der Waals surface area contributed by atoms with E-state index in [0.29, 0.717) is 0 Å². The van der Waals surface area contributed by atoms with Crippen molar-refractivity contribution in [3.8, 4) is 0 Å². The fourth-order valence-corrected chi connectivity index (χ4v) is 1.13. The van der Waals surface area contributed by atoms with Crippen LogP contribution in [0.2, 0.25) is 0 Å². The second-order valence-corrected chi connectivity index (χ2v) is 3.04. The van der Waals surface area contributed by atoms with Crippen molar-refractivity contribution in [3.63, 3.8) is 0 Å². The monoisotopic (exact) mass is 252 g/mol. The predicted molar refractivity (Wildman–Crippen MR) is 44.9 cm³/mol. The van der Waals surface area contributed by atoms with Crippen LogP contribution in [0.15, 0.2) is 24.0 Å². The van der Waals surface area contributed by atoms with Gasteiger partial charge in [0.15, 0.2) is 0 Å². The highest BCUT2D eigenvalue weighted by atomic mass is 127. The lowest BCUT2D eigenvalue weighted by atomic mass is 10.3. The zero-order chi connectivity index (χ0) is 7.56. The summed E-state index contributed by atoms with van der Waals surface area (Å²) in [4.78, 5) is 9.75. The maximum atomic E-state index is 10.2. The van der Waals surface area contributed by atoms with Gasteiger partial charge < -0.3 is 3.11 Å². The van der Waals surface area contributed by atoms with Crippen LogP contribution in [0.3, 0.4) is 0 Å². The summed E-state index contributed by atoms with van der Waals surface area (Å²) in [7, 11) is 0. The number of hydrogen-bond acceptors (Lipinski definition) is 3. The molecule has 0 unspecified atom stereocenters. The zero-order valence-electron chi connectivity index (χ0n) is 5.03. The Morgan fingerprint density at radius 1 is 1.80 bits per heavy atom. The van der Waals surface area contributed by atoms with E-state index in [9.17, 15) is 10.1 Å². The van der Waals surface area contributed by atoms with Gasteiger partial charge in [0.05, 0.1) is 34.0 Å². The van der Waals surface area contributed by atoms with Gasteiger partial charge in [-0.2, -0.15) is 0 Å². The molecular formula is C5H5IN2O2. The van der Waals surface area contributed by atoms with E-state index in [-0.39, 0.29) is 5.70 Å². The van der Waals surface area contributed by atoms with E-state index in [1.54, 1.807) is 9.19 Å². The molecule has 0 fully saturated rings. The molecule has 0 aromatic carbocycles. The molecule has 0 bridgehead atoms. The van der Waals surface area contributed by atoms with Gasteiger partial charge in [0.2, 0.25) is 0 Å². The number of nitrogens with zero attached hydrogens (tertiary/aromatic N) is 2. The molecule has 0 spiro atoms. The molecule has 10 heavy (non-hydrogen) atoms. The zero-order valence-corrected chi connectivity index (χ0v) is 7.19. The standard InChI is InChI=1S/C5H5IN2O2/c6-7-3-1-2-5(4-7)8(9)10/h1-2,4H,3H2. The predicted octanol–water partition coefficient (Wildman–Crippen LogP) is 1.33. The Bertz CT molecular complexity index is 212. The minimum atomic E-state index is -0.401. The van der Waals surface area contributed by atoms with E-state index >= 15 is 0 Å². The summed E-state index contributed by atoms with van der Waals surface area (Å²) in [5.74, 6) is 0. The minimum Gasteiger partial charge on any atom is -0.311 e. The fourth-order valence-electron chi connectivity index (χ4n) is 0.621. The Labute approximate surface area is 71.8 Å². The summed E-state index contributed by atoms with van der Waals surface area (Å²) >= 11 is 2.01. The summed E-state index contributed by atoms with van der Waals surface area (Å²) in [6.07, 6.45) is 4.76. The van der Waals surface area contributed by atoms with Crippen molar-refractivity contribution < 1.29 is 4.92 Å². The normalized spacial score (nSPS) is 16.9. The maximum Gasteiger partial charge on any atom is 0.285 e. The highest BCUT2D eigenvalue weighted by Gasteiger charge is 2.10. The first-order valence-corrected chi connectivity index (χ1v) is 3.62. The number of halogens is 1. The number of nitro groups is 1. The Kier molecular flexibility index (Phi) is 2.25. The lowest BCUT2D eigenvalue weighted by Gasteiger charge is -2.09. The van der Waals surface area contributed by atoms with Crippen LogP contribution in [0, 0.1) is 10.1 Å². The molecule has 0 atom stereocenters. The van der Waals surface area contributed by atoms with Crippen molar-refractivity contribution in [2.24, 2.45) is 0 Å². The van der Waals surface area contributed by atoms with E-state index in [1.165, 1.54) is 12.3 Å². The van der Waals surface area contributed by atoms with Gasteiger partial charge in [0, 0.05) is 12.6 Å². The highest BCUT2D eigenvalue weighted by Crippen LogP contribution is 2.11. The smallest absolute Gasteiger partial charge is 0.285 e. The van der Waals surface area contributed by atoms with Crippen LogP contribution in [0.5, 0.6) is 0 Å². The second-order valence-electron chi connectivity index (χ2n) is 1.80. The SMILES string of the molecule is O=[N+]([O-])C1=CN(I)CC=C1. The summed E-state index contributed by atoms with van der Waals surface area (Å²) in [6, 6.07) is 0. The van der Waals surface area contributed by atoms with E-state index in [2.05, 4.69) is 0 Å². The highest BCUT2D eigenvalue weighted by molar-refractivity contribution is 14.1. The first-order valence-electron chi connectivity index (χ1n) is 2.65. The van der Waals surface area contributed by atoms with Gasteiger partial charge in [-0.1, -0.05) is 6.08 Å². The molecule has 0 radical (unpaired) electrons. The van der Waals surface area contributed by atoms with Crippen LogP contribution in [-0.4, -0.2) is 14.6 Å². The summed E-state index contributed by atoms with van der Waals surface area (Å²) in [6.45, 7) is 0.734. The molecule has 0 N–H and O–H groups in total. The lowest BCUT2D eigenvalue weighted by Crippen LogP contribution is -2.10. The molecule has 0 saturated carbocycles. The van der Waals surface area contributed by atoms with Gasteiger partial charge >= 0.3 is 0 Å². The van der Waals surface area contributed by atoms with Crippen molar-refractivity contribution in [3.05, 3.63) is 34.2 Å². The van der Waals surface area contributed by atoms with Crippen LogP contribution in [-0.2, 0) is 0 Å². The first-order chi connectivity index (χ1) is 4.70. The number of hydrogen-bond donors (Lipinski definition) is 0. The molecule has 0 aliphatic carbocycles. The molecular weight excluding hydrogens is 247 g/mol. The van der Waals surface area contributed by atoms with Gasteiger partial charge in [0.1, 0.15) is 0 Å². The van der Waals surface area contributed by atoms with Crippen molar-refractivity contribution >= 4 is 22.9 Å². The molecule has 5 heteroatoms. The van der Waals surface area contributed by atoms with Crippen molar-refractivity contribution in [1.82, 2.24) is 3.11 Å². The van der Waals surface area contributed by atoms with Gasteiger partial charge in [0.25, 0.3) is 5.70 Å². The Morgan fingerprint density at radius 3 is 2.90 bits per heavy atom. The average Bonchev–Trinajstić information content (AvgIpc) is 1.88. The molecule has 1 rings (SSSR count). The van der Waals surface area contributed by atoms with Gasteiger partial charge in [-0.3, -0.25) is 10.1 Å². The van der Waals surface area contributed by atoms with Crippen molar-refractivity contribution in [1.29, 1.82) is 0 Å². The molecule has 1 aliphatic rings. The molecule has 1 heterocycles. The largest absolute Gasteiger partial charge is 0.311 e. The third-order valence-corrected chi connectivity index (χ3v) is 1.72. The van der Waals surface area contributed by atoms with E-state index < -0.39 is 4.92 Å². The molecule has 4 nitrogen and oxygen atoms in total. The van der Waals surface area contributed by atoms with Crippen LogP contribution < -0.4 is 0 Å². The molecule has 0 amide bonds. The topological polar surface area (TPSA) is 46.4 Å². The second kappa shape index (κ2) is 3.00. The lowest BCUT2D eigenvalue weighted by molar-refractivity contribution is -0.420. The van der Waals surface area contributed by atoms with E-state index in [1.807, 2.05) is 22.9 Å². The first kappa shape index (κ1) is 7.52. The molecule has 0 saturated heterocycles. The van der Waals surface area contributed by atoms with Crippen molar-refractivity contribution in [2.75, 3.05) is 6.54 Å². The number of allylic oxidation sites excluding steroid dienone is 1. The molecule has 54 valence electrons. The summed E-state index contributed by atoms with van der Waals surface area (Å²) in [5, 5.41) is 10.2. The number of rotatable bonds is 1.